The maximum Gasteiger partial charge on any atom is 0.286 e. The topological polar surface area (TPSA) is 58.1 Å². The van der Waals surface area contributed by atoms with Crippen LogP contribution in [0.4, 0.5) is 5.69 Å². The van der Waals surface area contributed by atoms with Gasteiger partial charge in [-0.25, -0.2) is 0 Å². The van der Waals surface area contributed by atoms with E-state index in [1.54, 1.807) is 6.07 Å². The minimum Gasteiger partial charge on any atom is -0.320 e. The lowest BCUT2D eigenvalue weighted by atomic mass is 10.2. The number of rotatable bonds is 6. The van der Waals surface area contributed by atoms with Gasteiger partial charge < -0.3 is 5.32 Å². The summed E-state index contributed by atoms with van der Waals surface area (Å²) in [7, 11) is 1.95. The molecule has 0 radical (unpaired) electrons. The number of hydrogen-bond donors (Lipinski definition) is 1. The van der Waals surface area contributed by atoms with Crippen LogP contribution in [0.1, 0.15) is 25.9 Å². The Morgan fingerprint density at radius 1 is 1.11 bits per heavy atom. The summed E-state index contributed by atoms with van der Waals surface area (Å²) in [6, 6.07) is 13.2. The number of carbonyl (C=O) groups is 1. The Labute approximate surface area is 171 Å². The summed E-state index contributed by atoms with van der Waals surface area (Å²) in [5.74, 6) is -0.261. The maximum atomic E-state index is 12.3. The molecule has 1 heterocycles. The van der Waals surface area contributed by atoms with Crippen LogP contribution in [-0.4, -0.2) is 28.1 Å². The van der Waals surface area contributed by atoms with Crippen molar-refractivity contribution in [3.05, 3.63) is 73.7 Å². The molecule has 8 heteroatoms. The molecule has 5 nitrogen and oxygen atoms in total. The van der Waals surface area contributed by atoms with Gasteiger partial charge in [0, 0.05) is 12.2 Å². The number of halogens is 2. The Morgan fingerprint density at radius 3 is 2.59 bits per heavy atom. The summed E-state index contributed by atoms with van der Waals surface area (Å²) in [6.45, 7) is 3.16. The fraction of sp³-hybridized carbons (Fsp3) is 0.211. The van der Waals surface area contributed by atoms with Gasteiger partial charge in [0.05, 0.1) is 16.6 Å². The molecule has 1 amide bonds. The summed E-state index contributed by atoms with van der Waals surface area (Å²) in [4.78, 5) is 14.4. The molecule has 0 bridgehead atoms. The molecular formula is C19H18Cl2N4OS. The molecule has 0 saturated heterocycles. The molecule has 0 unspecified atom stereocenters. The molecule has 0 aliphatic rings. The second kappa shape index (κ2) is 8.80. The van der Waals surface area contributed by atoms with Gasteiger partial charge in [0.2, 0.25) is 5.01 Å². The molecule has 0 aliphatic heterocycles. The molecule has 2 aromatic carbocycles. The Kier molecular flexibility index (Phi) is 6.44. The number of aryl methyl sites for hydroxylation is 1. The number of nitrogens with zero attached hydrogens (tertiary/aromatic N) is 3. The van der Waals surface area contributed by atoms with Crippen LogP contribution in [0.2, 0.25) is 10.0 Å². The predicted octanol–water partition coefficient (Wildman–Crippen LogP) is 5.04. The van der Waals surface area contributed by atoms with E-state index in [0.717, 1.165) is 21.8 Å². The van der Waals surface area contributed by atoms with Crippen molar-refractivity contribution in [2.75, 3.05) is 12.4 Å². The summed E-state index contributed by atoms with van der Waals surface area (Å²) >= 11 is 13.6. The minimum atomic E-state index is -0.261. The van der Waals surface area contributed by atoms with Crippen LogP contribution < -0.4 is 5.32 Å². The molecule has 0 saturated carbocycles. The third-order valence-electron chi connectivity index (χ3n) is 3.85. The van der Waals surface area contributed by atoms with Crippen LogP contribution in [0.15, 0.2) is 42.5 Å². The van der Waals surface area contributed by atoms with E-state index in [1.807, 2.05) is 55.3 Å². The number of amides is 1. The molecule has 27 heavy (non-hydrogen) atoms. The largest absolute Gasteiger partial charge is 0.320 e. The summed E-state index contributed by atoms with van der Waals surface area (Å²) < 4.78 is 0. The average Bonchev–Trinajstić information content (AvgIpc) is 3.09. The van der Waals surface area contributed by atoms with E-state index >= 15 is 0 Å². The average molecular weight is 421 g/mol. The Balaban J connectivity index is 1.60. The highest BCUT2D eigenvalue weighted by atomic mass is 35.5. The number of carbonyl (C=O) groups excluding carboxylic acids is 1. The van der Waals surface area contributed by atoms with Crippen molar-refractivity contribution in [3.63, 3.8) is 0 Å². The second-order valence-electron chi connectivity index (χ2n) is 6.21. The van der Waals surface area contributed by atoms with Crippen molar-refractivity contribution in [2.45, 2.75) is 20.0 Å². The van der Waals surface area contributed by atoms with E-state index in [1.165, 1.54) is 11.3 Å². The van der Waals surface area contributed by atoms with Crippen molar-refractivity contribution in [2.24, 2.45) is 0 Å². The Morgan fingerprint density at radius 2 is 1.85 bits per heavy atom. The molecule has 3 aromatic rings. The zero-order valence-corrected chi connectivity index (χ0v) is 17.2. The van der Waals surface area contributed by atoms with Crippen LogP contribution in [0, 0.1) is 6.92 Å². The fourth-order valence-corrected chi connectivity index (χ4v) is 3.67. The zero-order valence-electron chi connectivity index (χ0n) is 14.9. The third-order valence-corrected chi connectivity index (χ3v) is 5.61. The highest BCUT2D eigenvalue weighted by Gasteiger charge is 2.15. The molecule has 1 aromatic heterocycles. The normalized spacial score (nSPS) is 11.0. The number of aromatic nitrogens is 2. The highest BCUT2D eigenvalue weighted by Crippen LogP contribution is 2.26. The Hall–Kier alpha value is -1.99. The van der Waals surface area contributed by atoms with Gasteiger partial charge in [-0.15, -0.1) is 10.2 Å². The number of anilines is 1. The lowest BCUT2D eigenvalue weighted by molar-refractivity contribution is 0.102. The van der Waals surface area contributed by atoms with Gasteiger partial charge in [-0.2, -0.15) is 0 Å². The monoisotopic (exact) mass is 420 g/mol. The number of nitrogens with one attached hydrogen (secondary N) is 1. The van der Waals surface area contributed by atoms with Crippen molar-refractivity contribution in [1.82, 2.24) is 15.1 Å². The molecule has 140 valence electrons. The van der Waals surface area contributed by atoms with Gasteiger partial charge >= 0.3 is 0 Å². The van der Waals surface area contributed by atoms with Gasteiger partial charge in [-0.3, -0.25) is 9.69 Å². The van der Waals surface area contributed by atoms with Crippen LogP contribution in [0.5, 0.6) is 0 Å². The van der Waals surface area contributed by atoms with Crippen molar-refractivity contribution in [1.29, 1.82) is 0 Å². The molecule has 3 rings (SSSR count). The van der Waals surface area contributed by atoms with Gasteiger partial charge in [0.1, 0.15) is 5.01 Å². The molecular weight excluding hydrogens is 403 g/mol. The highest BCUT2D eigenvalue weighted by molar-refractivity contribution is 7.13. The van der Waals surface area contributed by atoms with E-state index in [9.17, 15) is 4.79 Å². The third kappa shape index (κ3) is 5.26. The molecule has 0 fully saturated rings. The van der Waals surface area contributed by atoms with Gasteiger partial charge in [-0.05, 0) is 37.7 Å². The summed E-state index contributed by atoms with van der Waals surface area (Å²) in [5.41, 5.74) is 2.80. The van der Waals surface area contributed by atoms with Crippen LogP contribution in [0.25, 0.3) is 0 Å². The van der Waals surface area contributed by atoms with Gasteiger partial charge in [0.25, 0.3) is 5.91 Å². The summed E-state index contributed by atoms with van der Waals surface area (Å²) in [5, 5.41) is 13.1. The first-order valence-electron chi connectivity index (χ1n) is 8.24. The first-order chi connectivity index (χ1) is 12.9. The molecule has 1 N–H and O–H groups in total. The van der Waals surface area contributed by atoms with E-state index in [0.29, 0.717) is 28.1 Å². The lowest BCUT2D eigenvalue weighted by Crippen LogP contribution is -2.17. The first-order valence-corrected chi connectivity index (χ1v) is 9.81. The van der Waals surface area contributed by atoms with Crippen molar-refractivity contribution < 1.29 is 4.79 Å². The standard InChI is InChI=1S/C19H18Cl2N4OS/c1-12-6-8-14(9-7-12)22-18(26)19-24-23-16(27-19)11-25(2)10-13-4-3-5-15(20)17(13)21/h3-9H,10-11H2,1-2H3,(H,22,26). The lowest BCUT2D eigenvalue weighted by Gasteiger charge is -2.16. The quantitative estimate of drug-likeness (QED) is 0.606. The van der Waals surface area contributed by atoms with Crippen LogP contribution >= 0.6 is 34.5 Å². The fourth-order valence-electron chi connectivity index (χ4n) is 2.48. The first kappa shape index (κ1) is 19.8. The van der Waals surface area contributed by atoms with Gasteiger partial charge in [-0.1, -0.05) is 64.4 Å². The number of benzene rings is 2. The smallest absolute Gasteiger partial charge is 0.286 e. The SMILES string of the molecule is Cc1ccc(NC(=O)c2nnc(CN(C)Cc3cccc(Cl)c3Cl)s2)cc1. The van der Waals surface area contributed by atoms with Crippen LogP contribution in [-0.2, 0) is 13.1 Å². The summed E-state index contributed by atoms with van der Waals surface area (Å²) in [6.07, 6.45) is 0. The van der Waals surface area contributed by atoms with E-state index in [-0.39, 0.29) is 5.91 Å². The molecule has 0 aliphatic carbocycles. The maximum absolute atomic E-state index is 12.3. The van der Waals surface area contributed by atoms with Gasteiger partial charge in [0.15, 0.2) is 0 Å². The predicted molar refractivity (Wildman–Crippen MR) is 111 cm³/mol. The Bertz CT molecular complexity index is 943. The van der Waals surface area contributed by atoms with E-state index < -0.39 is 0 Å². The van der Waals surface area contributed by atoms with E-state index in [2.05, 4.69) is 15.5 Å². The minimum absolute atomic E-state index is 0.261. The van der Waals surface area contributed by atoms with E-state index in [4.69, 9.17) is 23.2 Å². The van der Waals surface area contributed by atoms with Crippen LogP contribution in [0.3, 0.4) is 0 Å². The molecule has 0 spiro atoms. The van der Waals surface area contributed by atoms with Crippen molar-refractivity contribution >= 4 is 46.1 Å². The second-order valence-corrected chi connectivity index (χ2v) is 8.05. The zero-order chi connectivity index (χ0) is 19.4. The van der Waals surface area contributed by atoms with Crippen molar-refractivity contribution in [3.8, 4) is 0 Å². The number of hydrogen-bond acceptors (Lipinski definition) is 5. The molecule has 0 atom stereocenters.